The molecule has 0 saturated carbocycles. The summed E-state index contributed by atoms with van der Waals surface area (Å²) < 4.78 is 24.0. The van der Waals surface area contributed by atoms with Crippen LogP contribution in [0.3, 0.4) is 0 Å². The summed E-state index contributed by atoms with van der Waals surface area (Å²) in [6, 6.07) is 11.6. The number of halogens is 1. The number of benzene rings is 2. The van der Waals surface area contributed by atoms with Crippen molar-refractivity contribution in [3.63, 3.8) is 0 Å². The van der Waals surface area contributed by atoms with Gasteiger partial charge in [-0.05, 0) is 98.5 Å². The Balaban J connectivity index is 0.000000206. The number of carbonyl (C=O) groups excluding carboxylic acids is 3. The highest BCUT2D eigenvalue weighted by Crippen LogP contribution is 2.49. The maximum Gasteiger partial charge on any atom is 0.236 e. The number of aliphatic imine (C=N–C) groups is 1. The number of carbonyl (C=O) groups is 3. The van der Waals surface area contributed by atoms with Gasteiger partial charge in [0.1, 0.15) is 21.9 Å². The van der Waals surface area contributed by atoms with Gasteiger partial charge in [0, 0.05) is 22.1 Å². The van der Waals surface area contributed by atoms with Gasteiger partial charge in [-0.25, -0.2) is 13.4 Å². The number of aldehydes is 1. The molecule has 0 bridgehead atoms. The Morgan fingerprint density at radius 2 is 1.56 bits per heavy atom. The molecule has 1 aliphatic carbocycles. The summed E-state index contributed by atoms with van der Waals surface area (Å²) in [6.45, 7) is 9.39. The minimum atomic E-state index is -2.97. The first-order valence-electron chi connectivity index (χ1n) is 14.6. The van der Waals surface area contributed by atoms with Gasteiger partial charge in [0.25, 0.3) is 0 Å². The average molecular weight is 674 g/mol. The van der Waals surface area contributed by atoms with Gasteiger partial charge in [-0.2, -0.15) is 0 Å². The molecule has 1 saturated heterocycles. The van der Waals surface area contributed by atoms with E-state index in [4.69, 9.17) is 10.5 Å². The first-order valence-corrected chi connectivity index (χ1v) is 17.2. The van der Waals surface area contributed by atoms with Crippen LogP contribution in [0.25, 0.3) is 0 Å². The summed E-state index contributed by atoms with van der Waals surface area (Å²) in [6.07, 6.45) is 5.54. The smallest absolute Gasteiger partial charge is 0.236 e. The van der Waals surface area contributed by atoms with Crippen LogP contribution in [0.1, 0.15) is 70.6 Å². The molecule has 1 fully saturated rings. The van der Waals surface area contributed by atoms with Gasteiger partial charge in [-0.15, -0.1) is 0 Å². The molecule has 43 heavy (non-hydrogen) atoms. The highest BCUT2D eigenvalue weighted by atomic mass is 79.9. The summed E-state index contributed by atoms with van der Waals surface area (Å²) in [5.41, 5.74) is 10.8. The number of hydrogen-bond acceptors (Lipinski definition) is 7. The Morgan fingerprint density at radius 3 is 2.16 bits per heavy atom. The summed E-state index contributed by atoms with van der Waals surface area (Å²) in [7, 11) is -2.97. The summed E-state index contributed by atoms with van der Waals surface area (Å²) in [5.74, 6) is 0.926. The van der Waals surface area contributed by atoms with Crippen LogP contribution >= 0.6 is 15.9 Å². The van der Waals surface area contributed by atoms with Crippen LogP contribution in [0.5, 0.6) is 0 Å². The molecular weight excluding hydrogens is 632 g/mol. The Bertz CT molecular complexity index is 1550. The molecule has 2 amide bonds. The predicted octanol–water partition coefficient (Wildman–Crippen LogP) is 5.27. The number of nitrogen functional groups attached to an aromatic ring is 1. The van der Waals surface area contributed by atoms with Crippen molar-refractivity contribution in [2.24, 2.45) is 10.4 Å². The zero-order valence-electron chi connectivity index (χ0n) is 25.4. The van der Waals surface area contributed by atoms with Gasteiger partial charge >= 0.3 is 0 Å². The average Bonchev–Trinajstić information content (AvgIpc) is 3.56. The van der Waals surface area contributed by atoms with Crippen LogP contribution in [0.2, 0.25) is 0 Å². The molecule has 0 aromatic heterocycles. The molecule has 4 N–H and O–H groups in total. The summed E-state index contributed by atoms with van der Waals surface area (Å²) >= 11 is 3.40. The van der Waals surface area contributed by atoms with Gasteiger partial charge in [0.15, 0.2) is 0 Å². The number of nitrogens with two attached hydrogens (primary N) is 1. The molecule has 6 rings (SSSR count). The number of nitrogens with zero attached hydrogens (tertiary/aromatic N) is 1. The molecule has 1 unspecified atom stereocenters. The number of anilines is 2. The van der Waals surface area contributed by atoms with Gasteiger partial charge in [0.05, 0.1) is 22.3 Å². The van der Waals surface area contributed by atoms with Crippen LogP contribution in [0, 0.1) is 5.41 Å². The van der Waals surface area contributed by atoms with Crippen LogP contribution in [0.15, 0.2) is 57.3 Å². The number of amides is 2. The molecule has 4 aliphatic rings. The second-order valence-corrected chi connectivity index (χ2v) is 13.8. The van der Waals surface area contributed by atoms with E-state index in [1.807, 2.05) is 57.2 Å². The van der Waals surface area contributed by atoms with Gasteiger partial charge in [0.2, 0.25) is 11.8 Å². The fraction of sp³-hybridized carbons (Fsp3) is 0.438. The number of fused-ring (bicyclic) bond motifs is 3. The van der Waals surface area contributed by atoms with E-state index < -0.39 is 20.7 Å². The van der Waals surface area contributed by atoms with Gasteiger partial charge in [-0.3, -0.25) is 9.59 Å². The van der Waals surface area contributed by atoms with Crippen LogP contribution in [-0.2, 0) is 42.5 Å². The highest BCUT2D eigenvalue weighted by molar-refractivity contribution is 9.10. The topological polar surface area (TPSA) is 148 Å². The van der Waals surface area contributed by atoms with Crippen molar-refractivity contribution in [3.05, 3.63) is 69.0 Å². The molecule has 3 aliphatic heterocycles. The molecule has 9 nitrogen and oxygen atoms in total. The Morgan fingerprint density at radius 1 is 0.953 bits per heavy atom. The second-order valence-electron chi connectivity index (χ2n) is 10.6. The molecule has 2 aromatic rings. The SMILES string of the molecule is C/C=N\C1=C(CC)C2(Cc3ccc(N)cc3C2)C(=O)N1.CC.CC=O.O=C1Nc2ccc(Br)cc2C12CCS(=O)(=O)CC2. The van der Waals surface area contributed by atoms with Crippen LogP contribution < -0.4 is 16.4 Å². The van der Waals surface area contributed by atoms with Crippen molar-refractivity contribution in [2.45, 2.75) is 72.1 Å². The maximum atomic E-state index is 12.5. The molecular formula is C32H41BrN4O5S. The van der Waals surface area contributed by atoms with Crippen LogP contribution in [-0.4, -0.2) is 44.2 Å². The monoisotopic (exact) mass is 672 g/mol. The van der Waals surface area contributed by atoms with Gasteiger partial charge in [-0.1, -0.05) is 42.8 Å². The first kappa shape index (κ1) is 34.2. The minimum absolute atomic E-state index is 0.0644. The number of rotatable bonds is 2. The van der Waals surface area contributed by atoms with E-state index in [0.717, 1.165) is 58.4 Å². The van der Waals surface area contributed by atoms with Gasteiger partial charge < -0.3 is 21.2 Å². The third-order valence-electron chi connectivity index (χ3n) is 8.22. The van der Waals surface area contributed by atoms with E-state index in [1.165, 1.54) is 18.1 Å². The summed E-state index contributed by atoms with van der Waals surface area (Å²) in [4.78, 5) is 37.9. The Hall–Kier alpha value is -3.31. The van der Waals surface area contributed by atoms with E-state index in [9.17, 15) is 18.0 Å². The quantitative estimate of drug-likeness (QED) is 0.225. The van der Waals surface area contributed by atoms with Crippen molar-refractivity contribution in [3.8, 4) is 0 Å². The minimum Gasteiger partial charge on any atom is -0.399 e. The van der Waals surface area contributed by atoms with E-state index in [-0.39, 0.29) is 23.3 Å². The van der Waals surface area contributed by atoms with E-state index in [1.54, 1.807) is 6.21 Å². The molecule has 11 heteroatoms. The number of hydrogen-bond donors (Lipinski definition) is 3. The lowest BCUT2D eigenvalue weighted by Crippen LogP contribution is -2.42. The van der Waals surface area contributed by atoms with Crippen molar-refractivity contribution in [1.29, 1.82) is 0 Å². The van der Waals surface area contributed by atoms with E-state index in [0.29, 0.717) is 12.8 Å². The molecule has 3 heterocycles. The van der Waals surface area contributed by atoms with Crippen molar-refractivity contribution < 1.29 is 22.8 Å². The standard InChI is InChI=1S/C16H19N3O.C12H12BrNO3S.C2H4O.C2H6/c1-3-13-14(18-4-2)19-15(20)16(13)8-10-5-6-12(17)7-11(10)9-16;13-8-1-2-10-9(7-8)12(11(15)14-10)3-5-18(16,17)6-4-12;1-2-3;1-2/h4-7H,3,8-9,17H2,1-2H3,(H,19,20);1-2,7H,3-6H2,(H,14,15);2H,1H3;1-2H3/b18-4-;;;. The zero-order valence-corrected chi connectivity index (χ0v) is 27.8. The lowest BCUT2D eigenvalue weighted by Gasteiger charge is -2.31. The zero-order chi connectivity index (χ0) is 32.0. The fourth-order valence-electron chi connectivity index (χ4n) is 6.25. The molecule has 232 valence electrons. The van der Waals surface area contributed by atoms with E-state index >= 15 is 0 Å². The van der Waals surface area contributed by atoms with E-state index in [2.05, 4.69) is 38.5 Å². The largest absolute Gasteiger partial charge is 0.399 e. The number of sulfone groups is 1. The lowest BCUT2D eigenvalue weighted by molar-refractivity contribution is -0.126. The fourth-order valence-corrected chi connectivity index (χ4v) is 8.13. The molecule has 2 spiro atoms. The van der Waals surface area contributed by atoms with Crippen LogP contribution in [0.4, 0.5) is 11.4 Å². The summed E-state index contributed by atoms with van der Waals surface area (Å²) in [5, 5.41) is 5.81. The maximum absolute atomic E-state index is 12.5. The molecule has 0 radical (unpaired) electrons. The second kappa shape index (κ2) is 14.0. The lowest BCUT2D eigenvalue weighted by atomic mass is 9.76. The predicted molar refractivity (Wildman–Crippen MR) is 176 cm³/mol. The van der Waals surface area contributed by atoms with Crippen molar-refractivity contribution in [2.75, 3.05) is 22.6 Å². The highest BCUT2D eigenvalue weighted by Gasteiger charge is 2.51. The first-order chi connectivity index (χ1) is 20.4. The third-order valence-corrected chi connectivity index (χ3v) is 10.4. The van der Waals surface area contributed by atoms with Crippen molar-refractivity contribution in [1.82, 2.24) is 5.32 Å². The molecule has 2 aromatic carbocycles. The third kappa shape index (κ3) is 6.77. The van der Waals surface area contributed by atoms with Crippen molar-refractivity contribution >= 4 is 61.5 Å². The Kier molecular flexibility index (Phi) is 11.1. The normalized spacial score (nSPS) is 21.9. The molecule has 1 atom stereocenters. The Labute approximate surface area is 262 Å². The number of nitrogens with one attached hydrogen (secondary N) is 2.